The minimum Gasteiger partial charge on any atom is -0.465 e. The number of ketones is 1. The Morgan fingerprint density at radius 1 is 0.897 bits per heavy atom. The van der Waals surface area contributed by atoms with Gasteiger partial charge in [-0.25, -0.2) is 9.18 Å². The van der Waals surface area contributed by atoms with Crippen molar-refractivity contribution in [1.29, 1.82) is 0 Å². The van der Waals surface area contributed by atoms with Crippen LogP contribution in [0.15, 0.2) is 72.8 Å². The van der Waals surface area contributed by atoms with Gasteiger partial charge in [0.1, 0.15) is 5.82 Å². The van der Waals surface area contributed by atoms with Crippen LogP contribution >= 0.6 is 0 Å². The largest absolute Gasteiger partial charge is 0.465 e. The van der Waals surface area contributed by atoms with Gasteiger partial charge in [-0.1, -0.05) is 30.3 Å². The zero-order valence-corrected chi connectivity index (χ0v) is 16.0. The van der Waals surface area contributed by atoms with Gasteiger partial charge in [-0.3, -0.25) is 4.79 Å². The number of hydrogen-bond acceptors (Lipinski definition) is 3. The minimum atomic E-state index is -0.475. The highest BCUT2D eigenvalue weighted by molar-refractivity contribution is 6.21. The highest BCUT2D eigenvalue weighted by atomic mass is 19.1. The molecule has 0 atom stereocenters. The number of benzene rings is 3. The van der Waals surface area contributed by atoms with E-state index in [1.807, 2.05) is 41.9 Å². The number of nitrogens with zero attached hydrogens (tertiary/aromatic N) is 1. The summed E-state index contributed by atoms with van der Waals surface area (Å²) < 4.78 is 20.1. The standard InChI is InChI=1S/C24H18FNO3/c1-26-20-13-10-17(24(28)29-2)14-19(20)21(22(26)15-6-4-3-5-7-15)23(27)16-8-11-18(25)12-9-16/h3-14H,1-2H3. The SMILES string of the molecule is COC(=O)c1ccc2c(c1)c(C(=O)c1ccc(F)cc1)c(-c1ccccc1)n2C. The van der Waals surface area contributed by atoms with E-state index in [1.165, 1.54) is 31.4 Å². The molecule has 0 aliphatic rings. The highest BCUT2D eigenvalue weighted by Gasteiger charge is 2.24. The number of methoxy groups -OCH3 is 1. The van der Waals surface area contributed by atoms with E-state index < -0.39 is 11.8 Å². The van der Waals surface area contributed by atoms with Gasteiger partial charge in [-0.15, -0.1) is 0 Å². The molecule has 3 aromatic carbocycles. The van der Waals surface area contributed by atoms with Crippen molar-refractivity contribution < 1.29 is 18.7 Å². The van der Waals surface area contributed by atoms with Crippen LogP contribution in [0.4, 0.5) is 4.39 Å². The quantitative estimate of drug-likeness (QED) is 0.366. The Labute approximate surface area is 167 Å². The number of carbonyl (C=O) groups excluding carboxylic acids is 2. The topological polar surface area (TPSA) is 48.3 Å². The summed E-state index contributed by atoms with van der Waals surface area (Å²) in [6.07, 6.45) is 0. The van der Waals surface area contributed by atoms with Gasteiger partial charge >= 0.3 is 5.97 Å². The average molecular weight is 387 g/mol. The molecule has 0 N–H and O–H groups in total. The van der Waals surface area contributed by atoms with E-state index in [4.69, 9.17) is 4.74 Å². The third-order valence-corrected chi connectivity index (χ3v) is 5.00. The number of ether oxygens (including phenoxy) is 1. The molecule has 1 aromatic heterocycles. The second kappa shape index (κ2) is 7.36. The fraction of sp³-hybridized carbons (Fsp3) is 0.0833. The molecule has 0 fully saturated rings. The molecule has 0 unspecified atom stereocenters. The summed E-state index contributed by atoms with van der Waals surface area (Å²) in [7, 11) is 3.20. The smallest absolute Gasteiger partial charge is 0.337 e. The van der Waals surface area contributed by atoms with E-state index >= 15 is 0 Å². The number of carbonyl (C=O) groups is 2. The maximum Gasteiger partial charge on any atom is 0.337 e. The van der Waals surface area contributed by atoms with Crippen molar-refractivity contribution in [2.75, 3.05) is 7.11 Å². The summed E-state index contributed by atoms with van der Waals surface area (Å²) in [5.41, 5.74) is 3.61. The molecule has 4 nitrogen and oxygen atoms in total. The fourth-order valence-corrected chi connectivity index (χ4v) is 3.60. The summed E-state index contributed by atoms with van der Waals surface area (Å²) in [6, 6.07) is 20.2. The molecule has 29 heavy (non-hydrogen) atoms. The van der Waals surface area contributed by atoms with Gasteiger partial charge in [0.2, 0.25) is 0 Å². The number of esters is 1. The second-order valence-electron chi connectivity index (χ2n) is 6.71. The molecule has 4 aromatic rings. The minimum absolute atomic E-state index is 0.239. The lowest BCUT2D eigenvalue weighted by Crippen LogP contribution is -2.04. The van der Waals surface area contributed by atoms with Gasteiger partial charge in [-0.2, -0.15) is 0 Å². The van der Waals surface area contributed by atoms with Crippen LogP contribution in [-0.2, 0) is 11.8 Å². The first-order valence-electron chi connectivity index (χ1n) is 9.07. The zero-order chi connectivity index (χ0) is 20.5. The third kappa shape index (κ3) is 3.21. The van der Waals surface area contributed by atoms with Crippen molar-refractivity contribution in [3.8, 4) is 11.3 Å². The van der Waals surface area contributed by atoms with E-state index in [9.17, 15) is 14.0 Å². The van der Waals surface area contributed by atoms with E-state index in [0.717, 1.165) is 16.8 Å². The van der Waals surface area contributed by atoms with Gasteiger partial charge in [0.05, 0.1) is 23.9 Å². The Kier molecular flexibility index (Phi) is 4.72. The van der Waals surface area contributed by atoms with Crippen molar-refractivity contribution in [3.63, 3.8) is 0 Å². The van der Waals surface area contributed by atoms with Crippen LogP contribution in [0.3, 0.4) is 0 Å². The molecule has 0 amide bonds. The maximum absolute atomic E-state index is 13.5. The Hall–Kier alpha value is -3.73. The fourth-order valence-electron chi connectivity index (χ4n) is 3.60. The average Bonchev–Trinajstić information content (AvgIpc) is 3.05. The lowest BCUT2D eigenvalue weighted by molar-refractivity contribution is 0.0600. The lowest BCUT2D eigenvalue weighted by atomic mass is 9.96. The first-order valence-corrected chi connectivity index (χ1v) is 9.07. The molecule has 0 aliphatic carbocycles. The predicted molar refractivity (Wildman–Crippen MR) is 110 cm³/mol. The van der Waals surface area contributed by atoms with Crippen LogP contribution in [0.25, 0.3) is 22.2 Å². The summed E-state index contributed by atoms with van der Waals surface area (Å²) in [5.74, 6) is -1.12. The van der Waals surface area contributed by atoms with Gasteiger partial charge < -0.3 is 9.30 Å². The normalized spacial score (nSPS) is 10.9. The number of aromatic nitrogens is 1. The second-order valence-corrected chi connectivity index (χ2v) is 6.71. The number of rotatable bonds is 4. The van der Waals surface area contributed by atoms with E-state index in [0.29, 0.717) is 22.1 Å². The molecular formula is C24H18FNO3. The van der Waals surface area contributed by atoms with E-state index in [2.05, 4.69) is 0 Å². The summed E-state index contributed by atoms with van der Waals surface area (Å²) in [5, 5.41) is 0.642. The molecule has 0 saturated carbocycles. The molecule has 0 saturated heterocycles. The van der Waals surface area contributed by atoms with E-state index in [1.54, 1.807) is 18.2 Å². The molecular weight excluding hydrogens is 369 g/mol. The Balaban J connectivity index is 2.03. The predicted octanol–water partition coefficient (Wildman–Crippen LogP) is 5.00. The number of hydrogen-bond donors (Lipinski definition) is 0. The van der Waals surface area contributed by atoms with Crippen molar-refractivity contribution >= 4 is 22.7 Å². The third-order valence-electron chi connectivity index (χ3n) is 5.00. The van der Waals surface area contributed by atoms with Crippen LogP contribution in [0.1, 0.15) is 26.3 Å². The van der Waals surface area contributed by atoms with Crippen molar-refractivity contribution in [2.45, 2.75) is 0 Å². The molecule has 5 heteroatoms. The molecule has 0 bridgehead atoms. The van der Waals surface area contributed by atoms with Gasteiger partial charge in [0.25, 0.3) is 0 Å². The maximum atomic E-state index is 13.5. The van der Waals surface area contributed by atoms with Crippen LogP contribution in [-0.4, -0.2) is 23.4 Å². The van der Waals surface area contributed by atoms with Crippen molar-refractivity contribution in [2.24, 2.45) is 7.05 Å². The first kappa shape index (κ1) is 18.6. The number of fused-ring (bicyclic) bond motifs is 1. The van der Waals surface area contributed by atoms with Crippen LogP contribution in [0.2, 0.25) is 0 Å². The van der Waals surface area contributed by atoms with Crippen LogP contribution in [0.5, 0.6) is 0 Å². The first-order chi connectivity index (χ1) is 14.0. The molecule has 4 rings (SSSR count). The number of aryl methyl sites for hydroxylation is 1. The van der Waals surface area contributed by atoms with E-state index in [-0.39, 0.29) is 5.78 Å². The van der Waals surface area contributed by atoms with Gasteiger partial charge in [0.15, 0.2) is 5.78 Å². The summed E-state index contributed by atoms with van der Waals surface area (Å²) in [6.45, 7) is 0. The molecule has 144 valence electrons. The monoisotopic (exact) mass is 387 g/mol. The van der Waals surface area contributed by atoms with Crippen molar-refractivity contribution in [1.82, 2.24) is 4.57 Å². The van der Waals surface area contributed by atoms with Crippen LogP contribution < -0.4 is 0 Å². The van der Waals surface area contributed by atoms with Gasteiger partial charge in [0, 0.05) is 23.5 Å². The molecule has 1 heterocycles. The Morgan fingerprint density at radius 3 is 2.21 bits per heavy atom. The molecule has 0 aliphatic heterocycles. The summed E-state index contributed by atoms with van der Waals surface area (Å²) in [4.78, 5) is 25.5. The summed E-state index contributed by atoms with van der Waals surface area (Å²) >= 11 is 0. The molecule has 0 spiro atoms. The highest BCUT2D eigenvalue weighted by Crippen LogP contribution is 2.35. The van der Waals surface area contributed by atoms with Gasteiger partial charge in [-0.05, 0) is 48.0 Å². The molecule has 0 radical (unpaired) electrons. The Bertz CT molecular complexity index is 1220. The Morgan fingerprint density at radius 2 is 1.55 bits per heavy atom. The number of halogens is 1. The lowest BCUT2D eigenvalue weighted by Gasteiger charge is -2.08. The van der Waals surface area contributed by atoms with Crippen LogP contribution in [0, 0.1) is 5.82 Å². The van der Waals surface area contributed by atoms with Crippen molar-refractivity contribution in [3.05, 3.63) is 95.3 Å². The zero-order valence-electron chi connectivity index (χ0n) is 16.0.